The molecule has 0 spiro atoms. The molecule has 39 heavy (non-hydrogen) atoms. The maximum atomic E-state index is 12.4. The number of hydrogen-bond acceptors (Lipinski definition) is 8. The quantitative estimate of drug-likeness (QED) is 0.271. The Bertz CT molecular complexity index is 1420. The number of nitrogens with two attached hydrogens (primary N) is 1. The molecule has 9 nitrogen and oxygen atoms in total. The van der Waals surface area contributed by atoms with Crippen molar-refractivity contribution in [1.82, 2.24) is 20.2 Å². The topological polar surface area (TPSA) is 115 Å². The molecule has 0 radical (unpaired) electrons. The standard InChI is InChI=1S/C30H30N6O3/c31-29-28(22-11-13-25(14-12-22)38-24-7-2-1-3-8-24)30(34-21-33-29)39-26-9-4-6-23(20-26)35-27(37)10-5-17-36-18-15-32-16-19-36/h1-14,20-21,32H,15-19H2,(H,35,37)(H2,31,33,34)/b10-5+. The normalized spacial score (nSPS) is 13.7. The van der Waals surface area contributed by atoms with Crippen molar-refractivity contribution < 1.29 is 14.3 Å². The van der Waals surface area contributed by atoms with Crippen LogP contribution in [0.5, 0.6) is 23.1 Å². The smallest absolute Gasteiger partial charge is 0.248 e. The Balaban J connectivity index is 1.26. The molecule has 1 saturated heterocycles. The fourth-order valence-corrected chi connectivity index (χ4v) is 4.18. The van der Waals surface area contributed by atoms with Crippen LogP contribution in [0, 0.1) is 0 Å². The van der Waals surface area contributed by atoms with E-state index in [9.17, 15) is 4.79 Å². The van der Waals surface area contributed by atoms with Crippen molar-refractivity contribution in [1.29, 1.82) is 0 Å². The fraction of sp³-hybridized carbons (Fsp3) is 0.167. The van der Waals surface area contributed by atoms with Crippen molar-refractivity contribution in [3.63, 3.8) is 0 Å². The summed E-state index contributed by atoms with van der Waals surface area (Å²) >= 11 is 0. The Hall–Kier alpha value is -4.73. The molecule has 1 aliphatic rings. The number of hydrogen-bond donors (Lipinski definition) is 3. The van der Waals surface area contributed by atoms with Crippen LogP contribution in [-0.2, 0) is 4.79 Å². The van der Waals surface area contributed by atoms with E-state index in [1.165, 1.54) is 6.33 Å². The van der Waals surface area contributed by atoms with Gasteiger partial charge in [-0.15, -0.1) is 0 Å². The Labute approximate surface area is 227 Å². The third-order valence-corrected chi connectivity index (χ3v) is 6.12. The SMILES string of the molecule is Nc1ncnc(Oc2cccc(NC(=O)/C=C/CN3CCNCC3)c2)c1-c1ccc(Oc2ccccc2)cc1. The van der Waals surface area contributed by atoms with Crippen molar-refractivity contribution in [2.75, 3.05) is 43.8 Å². The lowest BCUT2D eigenvalue weighted by molar-refractivity contribution is -0.111. The van der Waals surface area contributed by atoms with Gasteiger partial charge in [-0.2, -0.15) is 0 Å². The van der Waals surface area contributed by atoms with E-state index >= 15 is 0 Å². The molecule has 0 saturated carbocycles. The monoisotopic (exact) mass is 522 g/mol. The summed E-state index contributed by atoms with van der Waals surface area (Å²) in [5.74, 6) is 2.33. The molecular formula is C30H30N6O3. The van der Waals surface area contributed by atoms with Crippen molar-refractivity contribution in [3.8, 4) is 34.3 Å². The molecular weight excluding hydrogens is 492 g/mol. The average Bonchev–Trinajstić information content (AvgIpc) is 2.95. The minimum Gasteiger partial charge on any atom is -0.457 e. The molecule has 1 fully saturated rings. The van der Waals surface area contributed by atoms with Gasteiger partial charge in [0, 0.05) is 50.6 Å². The van der Waals surface area contributed by atoms with E-state index in [0.717, 1.165) is 44.0 Å². The molecule has 4 aromatic rings. The molecule has 0 atom stereocenters. The fourth-order valence-electron chi connectivity index (χ4n) is 4.18. The van der Waals surface area contributed by atoms with Crippen LogP contribution >= 0.6 is 0 Å². The van der Waals surface area contributed by atoms with Crippen molar-refractivity contribution in [2.24, 2.45) is 0 Å². The lowest BCUT2D eigenvalue weighted by Gasteiger charge is -2.25. The van der Waals surface area contributed by atoms with E-state index in [1.807, 2.05) is 60.7 Å². The molecule has 5 rings (SSSR count). The van der Waals surface area contributed by atoms with Crippen molar-refractivity contribution in [3.05, 3.63) is 97.3 Å². The maximum Gasteiger partial charge on any atom is 0.248 e. The second kappa shape index (κ2) is 12.7. The zero-order valence-electron chi connectivity index (χ0n) is 21.4. The number of piperazine rings is 1. The number of nitrogens with zero attached hydrogens (tertiary/aromatic N) is 3. The zero-order valence-corrected chi connectivity index (χ0v) is 21.4. The van der Waals surface area contributed by atoms with E-state index in [1.54, 1.807) is 30.3 Å². The number of rotatable bonds is 9. The number of aromatic nitrogens is 2. The van der Waals surface area contributed by atoms with E-state index in [-0.39, 0.29) is 11.7 Å². The van der Waals surface area contributed by atoms with Gasteiger partial charge in [-0.3, -0.25) is 9.69 Å². The summed E-state index contributed by atoms with van der Waals surface area (Å²) < 4.78 is 12.0. The molecule has 1 aromatic heterocycles. The first-order valence-corrected chi connectivity index (χ1v) is 12.8. The van der Waals surface area contributed by atoms with Crippen LogP contribution in [0.3, 0.4) is 0 Å². The lowest BCUT2D eigenvalue weighted by Crippen LogP contribution is -2.43. The number of anilines is 2. The van der Waals surface area contributed by atoms with Crippen LogP contribution in [-0.4, -0.2) is 53.5 Å². The van der Waals surface area contributed by atoms with Gasteiger partial charge in [0.1, 0.15) is 29.4 Å². The number of carbonyl (C=O) groups is 1. The van der Waals surface area contributed by atoms with Gasteiger partial charge in [0.15, 0.2) is 0 Å². The van der Waals surface area contributed by atoms with Crippen LogP contribution in [0.1, 0.15) is 0 Å². The molecule has 0 aliphatic carbocycles. The van der Waals surface area contributed by atoms with Crippen molar-refractivity contribution in [2.45, 2.75) is 0 Å². The minimum absolute atomic E-state index is 0.202. The van der Waals surface area contributed by atoms with E-state index in [4.69, 9.17) is 15.2 Å². The Morgan fingerprint density at radius 3 is 2.46 bits per heavy atom. The first-order valence-electron chi connectivity index (χ1n) is 12.8. The molecule has 9 heteroatoms. The zero-order chi connectivity index (χ0) is 26.9. The molecule has 0 unspecified atom stereocenters. The van der Waals surface area contributed by atoms with E-state index < -0.39 is 0 Å². The third-order valence-electron chi connectivity index (χ3n) is 6.12. The van der Waals surface area contributed by atoms with Crippen LogP contribution in [0.25, 0.3) is 11.1 Å². The summed E-state index contributed by atoms with van der Waals surface area (Å²) in [7, 11) is 0. The first-order chi connectivity index (χ1) is 19.1. The van der Waals surface area contributed by atoms with Gasteiger partial charge < -0.3 is 25.8 Å². The third kappa shape index (κ3) is 7.19. The van der Waals surface area contributed by atoms with Gasteiger partial charge in [0.25, 0.3) is 0 Å². The Kier molecular flexibility index (Phi) is 8.42. The Morgan fingerprint density at radius 2 is 1.67 bits per heavy atom. The molecule has 2 heterocycles. The lowest BCUT2D eigenvalue weighted by atomic mass is 10.1. The van der Waals surface area contributed by atoms with Gasteiger partial charge in [0.2, 0.25) is 11.8 Å². The highest BCUT2D eigenvalue weighted by molar-refractivity contribution is 5.99. The summed E-state index contributed by atoms with van der Waals surface area (Å²) in [5.41, 5.74) is 8.18. The number of para-hydroxylation sites is 1. The summed E-state index contributed by atoms with van der Waals surface area (Å²) in [5, 5.41) is 6.20. The summed E-state index contributed by atoms with van der Waals surface area (Å²) in [6.07, 6.45) is 4.80. The molecule has 3 aromatic carbocycles. The number of nitrogen functional groups attached to an aromatic ring is 1. The summed E-state index contributed by atoms with van der Waals surface area (Å²) in [4.78, 5) is 23.2. The molecule has 0 bridgehead atoms. The minimum atomic E-state index is -0.202. The van der Waals surface area contributed by atoms with Crippen LogP contribution in [0.4, 0.5) is 11.5 Å². The predicted molar refractivity (Wildman–Crippen MR) is 152 cm³/mol. The van der Waals surface area contributed by atoms with Crippen LogP contribution < -0.4 is 25.8 Å². The van der Waals surface area contributed by atoms with E-state index in [0.29, 0.717) is 28.6 Å². The highest BCUT2D eigenvalue weighted by Gasteiger charge is 2.15. The summed E-state index contributed by atoms with van der Waals surface area (Å²) in [6.45, 7) is 4.65. The second-order valence-corrected chi connectivity index (χ2v) is 8.95. The maximum absolute atomic E-state index is 12.4. The molecule has 1 aliphatic heterocycles. The van der Waals surface area contributed by atoms with Gasteiger partial charge in [-0.05, 0) is 42.0 Å². The summed E-state index contributed by atoms with van der Waals surface area (Å²) in [6, 6.07) is 24.1. The predicted octanol–water partition coefficient (Wildman–Crippen LogP) is 4.71. The number of benzene rings is 3. The number of nitrogens with one attached hydrogen (secondary N) is 2. The number of ether oxygens (including phenoxy) is 2. The highest BCUT2D eigenvalue weighted by atomic mass is 16.5. The molecule has 1 amide bonds. The molecule has 4 N–H and O–H groups in total. The largest absolute Gasteiger partial charge is 0.457 e. The second-order valence-electron chi connectivity index (χ2n) is 8.95. The number of carbonyl (C=O) groups excluding carboxylic acids is 1. The van der Waals surface area contributed by atoms with Gasteiger partial charge in [0.05, 0.1) is 5.56 Å². The number of amides is 1. The van der Waals surface area contributed by atoms with E-state index in [2.05, 4.69) is 25.5 Å². The van der Waals surface area contributed by atoms with Crippen LogP contribution in [0.2, 0.25) is 0 Å². The Morgan fingerprint density at radius 1 is 0.923 bits per heavy atom. The molecule has 198 valence electrons. The van der Waals surface area contributed by atoms with Crippen molar-refractivity contribution >= 4 is 17.4 Å². The first kappa shape index (κ1) is 25.9. The van der Waals surface area contributed by atoms with Gasteiger partial charge in [-0.25, -0.2) is 9.97 Å². The highest BCUT2D eigenvalue weighted by Crippen LogP contribution is 2.36. The van der Waals surface area contributed by atoms with Gasteiger partial charge in [-0.1, -0.05) is 42.5 Å². The average molecular weight is 523 g/mol. The van der Waals surface area contributed by atoms with Gasteiger partial charge >= 0.3 is 0 Å². The van der Waals surface area contributed by atoms with Crippen LogP contribution in [0.15, 0.2) is 97.3 Å².